The molecular weight excluding hydrogens is 400 g/mol. The van der Waals surface area contributed by atoms with E-state index in [9.17, 15) is 4.79 Å². The van der Waals surface area contributed by atoms with E-state index in [2.05, 4.69) is 12.1 Å². The summed E-state index contributed by atoms with van der Waals surface area (Å²) in [6, 6.07) is 32.6. The van der Waals surface area contributed by atoms with Crippen LogP contribution in [0.4, 0.5) is 0 Å². The van der Waals surface area contributed by atoms with Gasteiger partial charge < -0.3 is 14.2 Å². The smallest absolute Gasteiger partial charge is 0.343 e. The monoisotopic (exact) mass is 424 g/mol. The third-order valence-electron chi connectivity index (χ3n) is 5.04. The number of para-hydroxylation sites is 2. The maximum atomic E-state index is 12.5. The molecule has 0 aliphatic heterocycles. The second-order valence-corrected chi connectivity index (χ2v) is 7.33. The Bertz CT molecular complexity index is 1150. The fraction of sp³-hybridized carbons (Fsp3) is 0.107. The number of hydrogen-bond acceptors (Lipinski definition) is 4. The first-order valence-electron chi connectivity index (χ1n) is 10.4. The molecule has 0 aliphatic rings. The Kier molecular flexibility index (Phi) is 6.83. The maximum Gasteiger partial charge on any atom is 0.343 e. The lowest BCUT2D eigenvalue weighted by Gasteiger charge is -2.10. The van der Waals surface area contributed by atoms with Crippen LogP contribution < -0.4 is 14.2 Å². The molecule has 160 valence electrons. The van der Waals surface area contributed by atoms with E-state index in [1.54, 1.807) is 19.2 Å². The van der Waals surface area contributed by atoms with Crippen LogP contribution in [0.1, 0.15) is 27.0 Å². The first-order chi connectivity index (χ1) is 15.7. The van der Waals surface area contributed by atoms with E-state index in [4.69, 9.17) is 14.2 Å². The van der Waals surface area contributed by atoms with Crippen LogP contribution in [0.25, 0.3) is 0 Å². The van der Waals surface area contributed by atoms with Gasteiger partial charge in [0.1, 0.15) is 12.4 Å². The fourth-order valence-electron chi connectivity index (χ4n) is 3.31. The van der Waals surface area contributed by atoms with Crippen LogP contribution in [0.5, 0.6) is 17.2 Å². The molecule has 4 nitrogen and oxygen atoms in total. The summed E-state index contributed by atoms with van der Waals surface area (Å²) in [6.07, 6.45) is 0.841. The Balaban J connectivity index is 1.32. The van der Waals surface area contributed by atoms with Gasteiger partial charge in [-0.05, 0) is 59.5 Å². The number of benzene rings is 4. The fourth-order valence-corrected chi connectivity index (χ4v) is 3.31. The van der Waals surface area contributed by atoms with Crippen molar-refractivity contribution in [3.63, 3.8) is 0 Å². The summed E-state index contributed by atoms with van der Waals surface area (Å²) in [5, 5.41) is 0. The molecule has 0 N–H and O–H groups in total. The third kappa shape index (κ3) is 5.55. The van der Waals surface area contributed by atoms with Crippen LogP contribution in [-0.4, -0.2) is 13.1 Å². The third-order valence-corrected chi connectivity index (χ3v) is 5.04. The molecule has 4 aromatic rings. The van der Waals surface area contributed by atoms with E-state index in [1.807, 2.05) is 78.9 Å². The predicted molar refractivity (Wildman–Crippen MR) is 124 cm³/mol. The van der Waals surface area contributed by atoms with E-state index in [0.29, 0.717) is 29.4 Å². The van der Waals surface area contributed by atoms with E-state index < -0.39 is 5.97 Å². The molecular formula is C28H24O4. The first kappa shape index (κ1) is 21.2. The van der Waals surface area contributed by atoms with Gasteiger partial charge in [-0.2, -0.15) is 0 Å². The van der Waals surface area contributed by atoms with Gasteiger partial charge in [-0.25, -0.2) is 4.79 Å². The van der Waals surface area contributed by atoms with Gasteiger partial charge in [0.2, 0.25) is 0 Å². The molecule has 0 radical (unpaired) electrons. The Morgan fingerprint density at radius 3 is 1.94 bits per heavy atom. The largest absolute Gasteiger partial charge is 0.493 e. The van der Waals surface area contributed by atoms with Gasteiger partial charge in [0.15, 0.2) is 11.5 Å². The molecule has 0 aliphatic carbocycles. The van der Waals surface area contributed by atoms with E-state index in [1.165, 1.54) is 5.56 Å². The van der Waals surface area contributed by atoms with Crippen LogP contribution >= 0.6 is 0 Å². The summed E-state index contributed by atoms with van der Waals surface area (Å²) >= 11 is 0. The molecule has 0 fully saturated rings. The molecule has 0 amide bonds. The summed E-state index contributed by atoms with van der Waals surface area (Å²) in [4.78, 5) is 12.5. The summed E-state index contributed by atoms with van der Waals surface area (Å²) in [5.41, 5.74) is 3.83. The van der Waals surface area contributed by atoms with Crippen LogP contribution in [0, 0.1) is 0 Å². The van der Waals surface area contributed by atoms with Crippen molar-refractivity contribution in [2.45, 2.75) is 13.0 Å². The molecule has 0 aromatic heterocycles. The number of carbonyl (C=O) groups is 1. The van der Waals surface area contributed by atoms with Gasteiger partial charge in [0.25, 0.3) is 0 Å². The van der Waals surface area contributed by atoms with Crippen molar-refractivity contribution in [2.75, 3.05) is 7.11 Å². The highest BCUT2D eigenvalue weighted by molar-refractivity contribution is 5.91. The number of carbonyl (C=O) groups excluding carboxylic acids is 1. The van der Waals surface area contributed by atoms with Crippen LogP contribution in [-0.2, 0) is 13.0 Å². The van der Waals surface area contributed by atoms with E-state index in [-0.39, 0.29) is 0 Å². The highest BCUT2D eigenvalue weighted by Gasteiger charge is 2.09. The summed E-state index contributed by atoms with van der Waals surface area (Å²) in [6.45, 7) is 0.374. The van der Waals surface area contributed by atoms with Crippen molar-refractivity contribution < 1.29 is 19.0 Å². The van der Waals surface area contributed by atoms with E-state index in [0.717, 1.165) is 17.5 Å². The van der Waals surface area contributed by atoms with Crippen molar-refractivity contribution in [3.05, 3.63) is 125 Å². The number of hydrogen-bond donors (Lipinski definition) is 0. The predicted octanol–water partition coefficient (Wildman–Crippen LogP) is 6.08. The van der Waals surface area contributed by atoms with E-state index >= 15 is 0 Å². The normalized spacial score (nSPS) is 10.4. The van der Waals surface area contributed by atoms with Gasteiger partial charge in [-0.3, -0.25) is 0 Å². The number of esters is 1. The molecule has 0 saturated heterocycles. The first-order valence-corrected chi connectivity index (χ1v) is 10.4. The van der Waals surface area contributed by atoms with Gasteiger partial charge in [-0.15, -0.1) is 0 Å². The molecule has 0 atom stereocenters. The Labute approximate surface area is 188 Å². The highest BCUT2D eigenvalue weighted by Crippen LogP contribution is 2.26. The molecule has 0 heterocycles. The van der Waals surface area contributed by atoms with Crippen molar-refractivity contribution >= 4 is 5.97 Å². The van der Waals surface area contributed by atoms with Crippen LogP contribution in [0.2, 0.25) is 0 Å². The minimum atomic E-state index is -0.391. The van der Waals surface area contributed by atoms with Crippen molar-refractivity contribution in [1.29, 1.82) is 0 Å². The summed E-state index contributed by atoms with van der Waals surface area (Å²) < 4.78 is 16.6. The molecule has 0 unspecified atom stereocenters. The average Bonchev–Trinajstić information content (AvgIpc) is 2.85. The lowest BCUT2D eigenvalue weighted by atomic mass is 10.1. The van der Waals surface area contributed by atoms with Crippen molar-refractivity contribution in [1.82, 2.24) is 0 Å². The molecule has 32 heavy (non-hydrogen) atoms. The lowest BCUT2D eigenvalue weighted by Crippen LogP contribution is -2.08. The maximum absolute atomic E-state index is 12.5. The SMILES string of the molecule is COc1ccccc1OCc1ccc(C(=O)Oc2ccc(Cc3ccccc3)cc2)cc1. The second kappa shape index (κ2) is 10.3. The zero-order valence-corrected chi connectivity index (χ0v) is 17.9. The minimum absolute atomic E-state index is 0.374. The molecule has 4 heteroatoms. The van der Waals surface area contributed by atoms with Crippen molar-refractivity contribution in [2.24, 2.45) is 0 Å². The van der Waals surface area contributed by atoms with Crippen LogP contribution in [0.15, 0.2) is 103 Å². The summed E-state index contributed by atoms with van der Waals surface area (Å²) in [5.74, 6) is 1.49. The second-order valence-electron chi connectivity index (χ2n) is 7.33. The molecule has 4 aromatic carbocycles. The highest BCUT2D eigenvalue weighted by atomic mass is 16.5. The molecule has 0 spiro atoms. The molecule has 0 bridgehead atoms. The topological polar surface area (TPSA) is 44.8 Å². The Morgan fingerprint density at radius 2 is 1.25 bits per heavy atom. The van der Waals surface area contributed by atoms with Crippen LogP contribution in [0.3, 0.4) is 0 Å². The standard InChI is InChI=1S/C28H24O4/c1-30-26-9-5-6-10-27(26)31-20-23-11-15-24(16-12-23)28(29)32-25-17-13-22(14-18-25)19-21-7-3-2-4-8-21/h2-18H,19-20H2,1H3. The average molecular weight is 424 g/mol. The Morgan fingerprint density at radius 1 is 0.656 bits per heavy atom. The Hall–Kier alpha value is -4.05. The lowest BCUT2D eigenvalue weighted by molar-refractivity contribution is 0.0734. The van der Waals surface area contributed by atoms with Gasteiger partial charge in [0.05, 0.1) is 12.7 Å². The zero-order chi connectivity index (χ0) is 22.2. The minimum Gasteiger partial charge on any atom is -0.493 e. The summed E-state index contributed by atoms with van der Waals surface area (Å²) in [7, 11) is 1.61. The molecule has 0 saturated carbocycles. The van der Waals surface area contributed by atoms with Gasteiger partial charge in [-0.1, -0.05) is 66.7 Å². The number of rotatable bonds is 8. The number of ether oxygens (including phenoxy) is 3. The van der Waals surface area contributed by atoms with Gasteiger partial charge >= 0.3 is 5.97 Å². The van der Waals surface area contributed by atoms with Gasteiger partial charge in [0, 0.05) is 0 Å². The molecule has 4 rings (SSSR count). The van der Waals surface area contributed by atoms with Crippen molar-refractivity contribution in [3.8, 4) is 17.2 Å². The quantitative estimate of drug-likeness (QED) is 0.254. The number of methoxy groups -OCH3 is 1. The zero-order valence-electron chi connectivity index (χ0n) is 17.9.